The summed E-state index contributed by atoms with van der Waals surface area (Å²) < 4.78 is 1.94. The quantitative estimate of drug-likeness (QED) is 0.129. The average molecular weight is 791 g/mol. The molecule has 0 N–H and O–H groups in total. The second-order valence-corrected chi connectivity index (χ2v) is 19.6. The van der Waals surface area contributed by atoms with Gasteiger partial charge in [-0.05, 0) is 0 Å². The van der Waals surface area contributed by atoms with Crippen LogP contribution in [-0.4, -0.2) is 61.8 Å². The van der Waals surface area contributed by atoms with Crippen LogP contribution in [0, 0.1) is 0 Å². The zero-order chi connectivity index (χ0) is 26.1. The first-order valence-electron chi connectivity index (χ1n) is 10.7. The van der Waals surface area contributed by atoms with E-state index in [0.29, 0.717) is 0 Å². The number of halogens is 6. The van der Waals surface area contributed by atoms with Crippen LogP contribution in [0.3, 0.4) is 0 Å². The van der Waals surface area contributed by atoms with Crippen LogP contribution < -0.4 is 10.2 Å². The van der Waals surface area contributed by atoms with E-state index in [2.05, 4.69) is 27.7 Å². The molecule has 0 unspecified atom stereocenters. The molecule has 0 fully saturated rings. The fourth-order valence-corrected chi connectivity index (χ4v) is 9.77. The van der Waals surface area contributed by atoms with Crippen molar-refractivity contribution in [3.63, 3.8) is 0 Å². The van der Waals surface area contributed by atoms with E-state index in [1.165, 1.54) is 51.4 Å². The van der Waals surface area contributed by atoms with Gasteiger partial charge in [-0.15, -0.1) is 0 Å². The molecular formula is C20H36Cl6O4Sn2+2. The number of aliphatic carboxylic acids is 2. The number of hydrogen-bond acceptors (Lipinski definition) is 4. The Kier molecular flexibility index (Phi) is 38.2. The van der Waals surface area contributed by atoms with Gasteiger partial charge in [0.1, 0.15) is 0 Å². The molecule has 0 aromatic rings. The summed E-state index contributed by atoms with van der Waals surface area (Å²) in [6.45, 7) is 9.16. The third-order valence-electron chi connectivity index (χ3n) is 3.29. The van der Waals surface area contributed by atoms with Gasteiger partial charge in [-0.2, -0.15) is 0 Å². The minimum absolute atomic E-state index is 0.149. The Bertz CT molecular complexity index is 370. The Hall–Kier alpha value is 2.28. The molecule has 0 aromatic heterocycles. The Labute approximate surface area is 245 Å². The van der Waals surface area contributed by atoms with Crippen LogP contribution in [-0.2, 0) is 9.59 Å². The van der Waals surface area contributed by atoms with E-state index in [-0.39, 0.29) is 42.3 Å². The molecule has 188 valence electrons. The molecule has 0 atom stereocenters. The van der Waals surface area contributed by atoms with E-state index in [9.17, 15) is 19.8 Å². The molecule has 0 amide bonds. The zero-order valence-corrected chi connectivity index (χ0v) is 29.6. The van der Waals surface area contributed by atoms with Gasteiger partial charge < -0.3 is 19.8 Å². The summed E-state index contributed by atoms with van der Waals surface area (Å²) in [5.41, 5.74) is 0. The number of carbonyl (C=O) groups is 2. The van der Waals surface area contributed by atoms with Crippen molar-refractivity contribution in [1.82, 2.24) is 0 Å². The number of unbranched alkanes of at least 4 members (excludes halogenated alkanes) is 4. The van der Waals surface area contributed by atoms with Gasteiger partial charge in [-0.1, -0.05) is 69.6 Å². The van der Waals surface area contributed by atoms with Gasteiger partial charge in [0.15, 0.2) is 0 Å². The molecular weight excluding hydrogens is 754 g/mol. The van der Waals surface area contributed by atoms with Gasteiger partial charge in [0.2, 0.25) is 7.59 Å². The number of rotatable bonds is 12. The molecule has 0 rings (SSSR count). The van der Waals surface area contributed by atoms with Crippen molar-refractivity contribution >= 4 is 124 Å². The summed E-state index contributed by atoms with van der Waals surface area (Å²) in [6.07, 6.45) is 11.7. The first-order valence-corrected chi connectivity index (χ1v) is 21.0. The Morgan fingerprint density at radius 1 is 0.562 bits per heavy atom. The average Bonchev–Trinajstić information content (AvgIpc) is 2.68. The van der Waals surface area contributed by atoms with Crippen molar-refractivity contribution in [3.8, 4) is 0 Å². The van der Waals surface area contributed by atoms with Gasteiger partial charge in [0.05, 0.1) is 11.9 Å². The monoisotopic (exact) mass is 790 g/mol. The minimum atomic E-state index is -2.28. The van der Waals surface area contributed by atoms with Crippen molar-refractivity contribution in [3.05, 3.63) is 0 Å². The molecule has 0 heterocycles. The zero-order valence-electron chi connectivity index (χ0n) is 19.4. The van der Waals surface area contributed by atoms with Crippen molar-refractivity contribution in [2.24, 2.45) is 0 Å². The Morgan fingerprint density at radius 3 is 0.812 bits per heavy atom. The third kappa shape index (κ3) is 45.7. The van der Waals surface area contributed by atoms with Crippen molar-refractivity contribution in [2.75, 3.05) is 0 Å². The standard InChI is InChI=1S/4C4H9.2C2HCl3O2.2Sn/c4*1-3-4-2;2*3-2(4,5)1(6)7;;/h4*1,3-4H2,2H3;2*(H,6,7);;/q;;;;;;2*+2/p-2. The molecule has 0 radical (unpaired) electrons. The second kappa shape index (κ2) is 29.5. The van der Waals surface area contributed by atoms with Crippen LogP contribution in [0.1, 0.15) is 79.1 Å². The van der Waals surface area contributed by atoms with Gasteiger partial charge in [-0.3, -0.25) is 0 Å². The van der Waals surface area contributed by atoms with Crippen LogP contribution >= 0.6 is 69.6 Å². The number of hydrogen-bond donors (Lipinski definition) is 0. The minimum Gasteiger partial charge on any atom is -0.545 e. The predicted octanol–water partition coefficient (Wildman–Crippen LogP) is 6.47. The normalized spacial score (nSPS) is 10.1. The second-order valence-electron chi connectivity index (χ2n) is 6.48. The maximum absolute atomic E-state index is 9.51. The van der Waals surface area contributed by atoms with Gasteiger partial charge in [-0.25, -0.2) is 0 Å². The van der Waals surface area contributed by atoms with E-state index in [1.807, 2.05) is 0 Å². The molecule has 32 heavy (non-hydrogen) atoms. The van der Waals surface area contributed by atoms with Crippen LogP contribution in [0.4, 0.5) is 0 Å². The van der Waals surface area contributed by atoms with Crippen LogP contribution in [0.2, 0.25) is 17.7 Å². The number of carboxylic acids is 2. The van der Waals surface area contributed by atoms with Crippen LogP contribution in [0.15, 0.2) is 0 Å². The van der Waals surface area contributed by atoms with E-state index in [4.69, 9.17) is 69.6 Å². The van der Waals surface area contributed by atoms with Crippen molar-refractivity contribution in [2.45, 2.75) is 104 Å². The molecule has 0 aliphatic rings. The summed E-state index contributed by atoms with van der Waals surface area (Å²) in [4.78, 5) is 19.0. The first kappa shape index (κ1) is 41.4. The maximum Gasteiger partial charge on any atom is 0.230 e. The fraction of sp³-hybridized carbons (Fsp3) is 0.900. The van der Waals surface area contributed by atoms with Crippen molar-refractivity contribution < 1.29 is 19.8 Å². The molecule has 0 aliphatic heterocycles. The summed E-state index contributed by atoms with van der Waals surface area (Å²) in [5.74, 6) is -3.42. The smallest absolute Gasteiger partial charge is 0.230 e. The summed E-state index contributed by atoms with van der Waals surface area (Å²) in [5, 5.41) is 19.0. The van der Waals surface area contributed by atoms with E-state index in [0.717, 1.165) is 0 Å². The topological polar surface area (TPSA) is 80.3 Å². The number of alkyl halides is 6. The molecule has 0 bridgehead atoms. The number of carboxylic acid groups (broad SMARTS) is 2. The van der Waals surface area contributed by atoms with E-state index < -0.39 is 19.5 Å². The maximum atomic E-state index is 9.51. The molecule has 4 nitrogen and oxygen atoms in total. The fourth-order valence-electron chi connectivity index (χ4n) is 1.46. The number of carbonyl (C=O) groups excluding carboxylic acids is 2. The summed E-state index contributed by atoms with van der Waals surface area (Å²) >= 11 is 28.7. The third-order valence-corrected chi connectivity index (χ3v) is 12.3. The Morgan fingerprint density at radius 2 is 0.719 bits per heavy atom. The molecule has 0 spiro atoms. The molecule has 0 saturated heterocycles. The molecule has 12 heteroatoms. The summed E-state index contributed by atoms with van der Waals surface area (Å²) in [6, 6.07) is 0. The molecule has 0 aromatic carbocycles. The van der Waals surface area contributed by atoms with Crippen molar-refractivity contribution in [1.29, 1.82) is 0 Å². The SMILES string of the molecule is CCC[CH2][Sn+2][CH2]CCC.CCC[CH2][Sn+2][CH2]CCC.O=C([O-])C(Cl)(Cl)Cl.O=C([O-])C(Cl)(Cl)Cl. The summed E-state index contributed by atoms with van der Waals surface area (Å²) in [7, 11) is 0. The van der Waals surface area contributed by atoms with E-state index >= 15 is 0 Å². The van der Waals surface area contributed by atoms with Crippen LogP contribution in [0.25, 0.3) is 0 Å². The molecule has 0 aliphatic carbocycles. The van der Waals surface area contributed by atoms with Gasteiger partial charge in [0.25, 0.3) is 0 Å². The van der Waals surface area contributed by atoms with Gasteiger partial charge in [0, 0.05) is 0 Å². The van der Waals surface area contributed by atoms with Crippen LogP contribution in [0.5, 0.6) is 0 Å². The van der Waals surface area contributed by atoms with Gasteiger partial charge >= 0.3 is 139 Å². The largest absolute Gasteiger partial charge is 0.545 e. The molecule has 0 saturated carbocycles. The Balaban J connectivity index is -0.000000165. The first-order chi connectivity index (χ1) is 14.7. The predicted molar refractivity (Wildman–Crippen MR) is 141 cm³/mol. The van der Waals surface area contributed by atoms with E-state index in [1.54, 1.807) is 17.7 Å².